The first-order chi connectivity index (χ1) is 8.06. The highest BCUT2D eigenvalue weighted by atomic mass is 79.9. The van der Waals surface area contributed by atoms with E-state index in [1.165, 1.54) is 4.68 Å². The van der Waals surface area contributed by atoms with E-state index in [-0.39, 0.29) is 6.04 Å². The maximum absolute atomic E-state index is 5.78. The second-order valence-electron chi connectivity index (χ2n) is 3.84. The first-order valence-electron chi connectivity index (χ1n) is 5.17. The third kappa shape index (κ3) is 2.73. The fourth-order valence-corrected chi connectivity index (χ4v) is 1.54. The zero-order valence-corrected chi connectivity index (χ0v) is 11.1. The van der Waals surface area contributed by atoms with Gasteiger partial charge in [0.25, 0.3) is 0 Å². The van der Waals surface area contributed by atoms with Crippen LogP contribution in [0.25, 0.3) is 5.82 Å². The van der Waals surface area contributed by atoms with E-state index >= 15 is 0 Å². The number of nitrogens with one attached hydrogen (secondary N) is 1. The Bertz CT molecular complexity index is 504. The Balaban J connectivity index is 2.32. The van der Waals surface area contributed by atoms with Crippen LogP contribution in [-0.4, -0.2) is 25.8 Å². The summed E-state index contributed by atoms with van der Waals surface area (Å²) in [6.45, 7) is 4.02. The highest BCUT2D eigenvalue weighted by Crippen LogP contribution is 2.14. The van der Waals surface area contributed by atoms with Crippen molar-refractivity contribution in [1.29, 1.82) is 0 Å². The van der Waals surface area contributed by atoms with Gasteiger partial charge in [0, 0.05) is 16.7 Å². The standard InChI is InChI=1S/C10H13BrN6/c1-6(2)14-10-15-9(12)17(16-10)8-4-3-7(11)5-13-8/h3-6H,1-2H3,(H3,12,14,15,16). The van der Waals surface area contributed by atoms with E-state index in [4.69, 9.17) is 5.73 Å². The SMILES string of the molecule is CC(C)Nc1nc(N)n(-c2ccc(Br)cn2)n1. The maximum Gasteiger partial charge on any atom is 0.244 e. The largest absolute Gasteiger partial charge is 0.368 e. The van der Waals surface area contributed by atoms with Crippen molar-refractivity contribution in [1.82, 2.24) is 19.7 Å². The number of nitrogens with zero attached hydrogens (tertiary/aromatic N) is 4. The molecule has 0 atom stereocenters. The zero-order valence-electron chi connectivity index (χ0n) is 9.55. The lowest BCUT2D eigenvalue weighted by Crippen LogP contribution is -2.11. The molecule has 0 saturated carbocycles. The van der Waals surface area contributed by atoms with E-state index in [0.29, 0.717) is 17.7 Å². The molecule has 2 rings (SSSR count). The van der Waals surface area contributed by atoms with Crippen LogP contribution in [0.4, 0.5) is 11.9 Å². The Morgan fingerprint density at radius 2 is 2.18 bits per heavy atom. The molecule has 0 aliphatic carbocycles. The first-order valence-corrected chi connectivity index (χ1v) is 5.96. The molecule has 0 radical (unpaired) electrons. The lowest BCUT2D eigenvalue weighted by atomic mass is 10.4. The van der Waals surface area contributed by atoms with Crippen molar-refractivity contribution >= 4 is 27.8 Å². The fourth-order valence-electron chi connectivity index (χ4n) is 1.31. The van der Waals surface area contributed by atoms with E-state index < -0.39 is 0 Å². The molecule has 0 aliphatic heterocycles. The highest BCUT2D eigenvalue weighted by Gasteiger charge is 2.10. The molecule has 0 amide bonds. The van der Waals surface area contributed by atoms with Gasteiger partial charge in [0.15, 0.2) is 5.82 Å². The molecule has 17 heavy (non-hydrogen) atoms. The topological polar surface area (TPSA) is 81.6 Å². The van der Waals surface area contributed by atoms with Crippen LogP contribution in [0.2, 0.25) is 0 Å². The molecule has 2 aromatic heterocycles. The molecular weight excluding hydrogens is 284 g/mol. The van der Waals surface area contributed by atoms with Crippen molar-refractivity contribution in [3.63, 3.8) is 0 Å². The van der Waals surface area contributed by atoms with E-state index in [9.17, 15) is 0 Å². The number of hydrogen-bond donors (Lipinski definition) is 2. The third-order valence-corrected chi connectivity index (χ3v) is 2.45. The molecule has 0 aliphatic rings. The number of nitrogens with two attached hydrogens (primary N) is 1. The predicted molar refractivity (Wildman–Crippen MR) is 70.0 cm³/mol. The molecular formula is C10H13BrN6. The van der Waals surface area contributed by atoms with E-state index in [1.54, 1.807) is 6.20 Å². The lowest BCUT2D eigenvalue weighted by molar-refractivity contribution is 0.832. The van der Waals surface area contributed by atoms with Crippen LogP contribution >= 0.6 is 15.9 Å². The van der Waals surface area contributed by atoms with E-state index in [2.05, 4.69) is 36.3 Å². The van der Waals surface area contributed by atoms with Gasteiger partial charge in [0.1, 0.15) is 0 Å². The molecule has 6 nitrogen and oxygen atoms in total. The van der Waals surface area contributed by atoms with Crippen LogP contribution in [0.5, 0.6) is 0 Å². The van der Waals surface area contributed by atoms with Crippen LogP contribution in [0.1, 0.15) is 13.8 Å². The summed E-state index contributed by atoms with van der Waals surface area (Å²) in [5, 5.41) is 7.33. The second-order valence-corrected chi connectivity index (χ2v) is 4.75. The summed E-state index contributed by atoms with van der Waals surface area (Å²) in [5.41, 5.74) is 5.78. The van der Waals surface area contributed by atoms with Gasteiger partial charge < -0.3 is 11.1 Å². The van der Waals surface area contributed by atoms with Crippen molar-refractivity contribution in [2.24, 2.45) is 0 Å². The summed E-state index contributed by atoms with van der Waals surface area (Å²) in [5.74, 6) is 1.44. The molecule has 0 bridgehead atoms. The van der Waals surface area contributed by atoms with Crippen molar-refractivity contribution in [2.45, 2.75) is 19.9 Å². The van der Waals surface area contributed by atoms with Crippen molar-refractivity contribution in [2.75, 3.05) is 11.1 Å². The maximum atomic E-state index is 5.78. The molecule has 3 N–H and O–H groups in total. The predicted octanol–water partition coefficient (Wildman–Crippen LogP) is 1.83. The Labute approximate surface area is 107 Å². The number of halogens is 1. The average Bonchev–Trinajstić information content (AvgIpc) is 2.59. The third-order valence-electron chi connectivity index (χ3n) is 1.98. The molecule has 7 heteroatoms. The Morgan fingerprint density at radius 3 is 2.76 bits per heavy atom. The Morgan fingerprint density at radius 1 is 1.41 bits per heavy atom. The van der Waals surface area contributed by atoms with Gasteiger partial charge in [-0.3, -0.25) is 0 Å². The second kappa shape index (κ2) is 4.70. The van der Waals surface area contributed by atoms with Gasteiger partial charge >= 0.3 is 0 Å². The van der Waals surface area contributed by atoms with Gasteiger partial charge in [-0.1, -0.05) is 0 Å². The smallest absolute Gasteiger partial charge is 0.244 e. The monoisotopic (exact) mass is 296 g/mol. The van der Waals surface area contributed by atoms with E-state index in [0.717, 1.165) is 4.47 Å². The summed E-state index contributed by atoms with van der Waals surface area (Å²) in [7, 11) is 0. The molecule has 2 heterocycles. The minimum atomic E-state index is 0.253. The Hall–Kier alpha value is -1.63. The summed E-state index contributed by atoms with van der Waals surface area (Å²) in [4.78, 5) is 8.32. The number of rotatable bonds is 3. The first kappa shape index (κ1) is 11.8. The highest BCUT2D eigenvalue weighted by molar-refractivity contribution is 9.10. The normalized spacial score (nSPS) is 10.8. The fraction of sp³-hybridized carbons (Fsp3) is 0.300. The molecule has 0 fully saturated rings. The van der Waals surface area contributed by atoms with E-state index in [1.807, 2.05) is 26.0 Å². The van der Waals surface area contributed by atoms with Crippen LogP contribution in [0.3, 0.4) is 0 Å². The number of anilines is 2. The van der Waals surface area contributed by atoms with Crippen molar-refractivity contribution in [3.8, 4) is 5.82 Å². The minimum absolute atomic E-state index is 0.253. The summed E-state index contributed by atoms with van der Waals surface area (Å²) >= 11 is 3.32. The minimum Gasteiger partial charge on any atom is -0.368 e. The molecule has 0 unspecified atom stereocenters. The van der Waals surface area contributed by atoms with Gasteiger partial charge in [0.05, 0.1) is 0 Å². The number of aromatic nitrogens is 4. The number of nitrogen functional groups attached to an aromatic ring is 1. The van der Waals surface area contributed by atoms with Gasteiger partial charge in [-0.15, -0.1) is 5.10 Å². The van der Waals surface area contributed by atoms with Crippen molar-refractivity contribution in [3.05, 3.63) is 22.8 Å². The average molecular weight is 297 g/mol. The van der Waals surface area contributed by atoms with Crippen molar-refractivity contribution < 1.29 is 0 Å². The van der Waals surface area contributed by atoms with Crippen LogP contribution in [-0.2, 0) is 0 Å². The molecule has 0 aromatic carbocycles. The number of hydrogen-bond acceptors (Lipinski definition) is 5. The lowest BCUT2D eigenvalue weighted by Gasteiger charge is -2.03. The van der Waals surface area contributed by atoms with Gasteiger partial charge in [-0.2, -0.15) is 9.67 Å². The quantitative estimate of drug-likeness (QED) is 0.903. The summed E-state index contributed by atoms with van der Waals surface area (Å²) < 4.78 is 2.40. The molecule has 0 spiro atoms. The molecule has 2 aromatic rings. The molecule has 90 valence electrons. The number of pyridine rings is 1. The molecule has 0 saturated heterocycles. The van der Waals surface area contributed by atoms with Gasteiger partial charge in [-0.05, 0) is 41.9 Å². The van der Waals surface area contributed by atoms with Crippen LogP contribution in [0.15, 0.2) is 22.8 Å². The Kier molecular flexibility index (Phi) is 3.28. The van der Waals surface area contributed by atoms with Crippen LogP contribution < -0.4 is 11.1 Å². The van der Waals surface area contributed by atoms with Gasteiger partial charge in [0.2, 0.25) is 11.9 Å². The zero-order chi connectivity index (χ0) is 12.4. The van der Waals surface area contributed by atoms with Crippen LogP contribution in [0, 0.1) is 0 Å². The summed E-state index contributed by atoms with van der Waals surface area (Å²) in [6.07, 6.45) is 1.69. The van der Waals surface area contributed by atoms with Gasteiger partial charge in [-0.25, -0.2) is 4.98 Å². The summed E-state index contributed by atoms with van der Waals surface area (Å²) in [6, 6.07) is 3.94.